The number of ether oxygens (including phenoxy) is 2. The van der Waals surface area contributed by atoms with Crippen molar-refractivity contribution < 1.29 is 9.47 Å². The molecule has 0 spiro atoms. The number of aryl methyl sites for hydroxylation is 4. The minimum absolute atomic E-state index is 0.640. The SMILES string of the molecule is CC.CC.CC.CCc1ccc(Oc2cccc(C)c2)cc1.Cc1cccc(Oc2ccc(C)cc2Cl)c1. The van der Waals surface area contributed by atoms with E-state index in [1.165, 1.54) is 16.7 Å². The van der Waals surface area contributed by atoms with Crippen LogP contribution < -0.4 is 9.47 Å². The summed E-state index contributed by atoms with van der Waals surface area (Å²) in [6.45, 7) is 20.2. The van der Waals surface area contributed by atoms with Crippen LogP contribution in [0, 0.1) is 20.8 Å². The maximum Gasteiger partial charge on any atom is 0.146 e. The Morgan fingerprint density at radius 1 is 0.526 bits per heavy atom. The molecule has 4 aromatic carbocycles. The van der Waals surface area contributed by atoms with Gasteiger partial charge < -0.3 is 9.47 Å². The highest BCUT2D eigenvalue weighted by Gasteiger charge is 2.03. The number of hydrogen-bond donors (Lipinski definition) is 0. The molecule has 0 aromatic heterocycles. The van der Waals surface area contributed by atoms with Crippen LogP contribution in [0.25, 0.3) is 0 Å². The number of benzene rings is 4. The van der Waals surface area contributed by atoms with Crippen LogP contribution in [0.5, 0.6) is 23.0 Å². The normalized spacial score (nSPS) is 9.03. The molecular formula is C35H47ClO2. The smallest absolute Gasteiger partial charge is 0.146 e. The van der Waals surface area contributed by atoms with Crippen LogP contribution in [0.2, 0.25) is 5.02 Å². The first-order valence-corrected chi connectivity index (χ1v) is 14.1. The lowest BCUT2D eigenvalue weighted by atomic mass is 10.2. The van der Waals surface area contributed by atoms with Gasteiger partial charge in [0.05, 0.1) is 5.02 Å². The Labute approximate surface area is 237 Å². The van der Waals surface area contributed by atoms with Gasteiger partial charge in [-0.25, -0.2) is 0 Å². The minimum atomic E-state index is 0.640. The van der Waals surface area contributed by atoms with Crippen LogP contribution in [0.4, 0.5) is 0 Å². The van der Waals surface area contributed by atoms with E-state index in [0.29, 0.717) is 10.8 Å². The summed E-state index contributed by atoms with van der Waals surface area (Å²) in [6.07, 6.45) is 1.06. The Morgan fingerprint density at radius 2 is 1.00 bits per heavy atom. The van der Waals surface area contributed by atoms with Gasteiger partial charge in [0.25, 0.3) is 0 Å². The zero-order valence-electron chi connectivity index (χ0n) is 25.1. The van der Waals surface area contributed by atoms with E-state index in [9.17, 15) is 0 Å². The summed E-state index contributed by atoms with van der Waals surface area (Å²) in [5.41, 5.74) is 4.83. The summed E-state index contributed by atoms with van der Waals surface area (Å²) in [5, 5.41) is 0.640. The van der Waals surface area contributed by atoms with Gasteiger partial charge in [-0.2, -0.15) is 0 Å². The second kappa shape index (κ2) is 20.8. The molecule has 0 fully saturated rings. The molecule has 0 heterocycles. The molecular weight excluding hydrogens is 488 g/mol. The van der Waals surface area contributed by atoms with E-state index in [0.717, 1.165) is 29.2 Å². The zero-order valence-corrected chi connectivity index (χ0v) is 25.8. The van der Waals surface area contributed by atoms with Gasteiger partial charge in [0.1, 0.15) is 23.0 Å². The molecule has 0 atom stereocenters. The Hall–Kier alpha value is -3.23. The minimum Gasteiger partial charge on any atom is -0.457 e. The zero-order chi connectivity index (χ0) is 28.9. The highest BCUT2D eigenvalue weighted by atomic mass is 35.5. The van der Waals surface area contributed by atoms with Crippen molar-refractivity contribution in [3.05, 3.63) is 118 Å². The molecule has 4 aromatic rings. The fourth-order valence-corrected chi connectivity index (χ4v) is 3.38. The molecule has 4 rings (SSSR count). The van der Waals surface area contributed by atoms with Gasteiger partial charge in [0, 0.05) is 0 Å². The average molecular weight is 535 g/mol. The van der Waals surface area contributed by atoms with Crippen molar-refractivity contribution in [2.45, 2.75) is 75.7 Å². The van der Waals surface area contributed by atoms with Crippen LogP contribution >= 0.6 is 11.6 Å². The molecule has 0 aliphatic carbocycles. The summed E-state index contributed by atoms with van der Waals surface area (Å²) >= 11 is 6.09. The van der Waals surface area contributed by atoms with Gasteiger partial charge in [0.15, 0.2) is 0 Å². The largest absolute Gasteiger partial charge is 0.457 e. The number of rotatable bonds is 5. The van der Waals surface area contributed by atoms with Crippen molar-refractivity contribution in [3.8, 4) is 23.0 Å². The molecule has 0 aliphatic heterocycles. The molecule has 0 saturated carbocycles. The molecule has 2 nitrogen and oxygen atoms in total. The summed E-state index contributed by atoms with van der Waals surface area (Å²) in [7, 11) is 0. The van der Waals surface area contributed by atoms with Crippen molar-refractivity contribution >= 4 is 11.6 Å². The summed E-state index contributed by atoms with van der Waals surface area (Å²) in [6, 6.07) is 30.0. The first-order valence-electron chi connectivity index (χ1n) is 13.8. The Kier molecular flexibility index (Phi) is 19.0. The quantitative estimate of drug-likeness (QED) is 0.253. The topological polar surface area (TPSA) is 18.5 Å². The first kappa shape index (κ1) is 34.8. The maximum absolute atomic E-state index is 6.09. The highest BCUT2D eigenvalue weighted by molar-refractivity contribution is 6.32. The Bertz CT molecular complexity index is 1150. The lowest BCUT2D eigenvalue weighted by Crippen LogP contribution is -1.86. The van der Waals surface area contributed by atoms with Gasteiger partial charge in [0.2, 0.25) is 0 Å². The number of halogens is 1. The van der Waals surface area contributed by atoms with Crippen molar-refractivity contribution in [1.29, 1.82) is 0 Å². The van der Waals surface area contributed by atoms with Crippen LogP contribution in [-0.2, 0) is 6.42 Å². The van der Waals surface area contributed by atoms with E-state index in [1.54, 1.807) is 0 Å². The Balaban J connectivity index is 0.000000603. The van der Waals surface area contributed by atoms with Gasteiger partial charge >= 0.3 is 0 Å². The van der Waals surface area contributed by atoms with Gasteiger partial charge in [-0.3, -0.25) is 0 Å². The molecule has 0 saturated heterocycles. The molecule has 3 heteroatoms. The van der Waals surface area contributed by atoms with E-state index in [-0.39, 0.29) is 0 Å². The molecule has 0 amide bonds. The van der Waals surface area contributed by atoms with Crippen molar-refractivity contribution in [1.82, 2.24) is 0 Å². The van der Waals surface area contributed by atoms with Crippen LogP contribution in [-0.4, -0.2) is 0 Å². The fraction of sp³-hybridized carbons (Fsp3) is 0.314. The van der Waals surface area contributed by atoms with E-state index in [2.05, 4.69) is 32.0 Å². The predicted octanol–water partition coefficient (Wildman–Crippen LogP) is 12.2. The van der Waals surface area contributed by atoms with Crippen LogP contribution in [0.15, 0.2) is 91.0 Å². The number of hydrogen-bond acceptors (Lipinski definition) is 2. The van der Waals surface area contributed by atoms with Gasteiger partial charge in [-0.1, -0.05) is 103 Å². The molecule has 0 unspecified atom stereocenters. The van der Waals surface area contributed by atoms with Gasteiger partial charge in [-0.15, -0.1) is 0 Å². The van der Waals surface area contributed by atoms with E-state index in [4.69, 9.17) is 21.1 Å². The summed E-state index contributed by atoms with van der Waals surface area (Å²) in [4.78, 5) is 0. The second-order valence-electron chi connectivity index (χ2n) is 7.77. The second-order valence-corrected chi connectivity index (χ2v) is 8.18. The van der Waals surface area contributed by atoms with E-state index >= 15 is 0 Å². The van der Waals surface area contributed by atoms with E-state index < -0.39 is 0 Å². The average Bonchev–Trinajstić information content (AvgIpc) is 2.95. The third kappa shape index (κ3) is 13.4. The highest BCUT2D eigenvalue weighted by Crippen LogP contribution is 2.30. The monoisotopic (exact) mass is 534 g/mol. The van der Waals surface area contributed by atoms with Crippen LogP contribution in [0.1, 0.15) is 70.7 Å². The summed E-state index contributed by atoms with van der Waals surface area (Å²) < 4.78 is 11.5. The van der Waals surface area contributed by atoms with Crippen molar-refractivity contribution in [2.24, 2.45) is 0 Å². The first-order chi connectivity index (χ1) is 18.4. The van der Waals surface area contributed by atoms with Crippen LogP contribution in [0.3, 0.4) is 0 Å². The molecule has 0 bridgehead atoms. The summed E-state index contributed by atoms with van der Waals surface area (Å²) in [5.74, 6) is 3.29. The standard InChI is InChI=1S/C15H16O.C14H13ClO.3C2H6/c1-3-13-7-9-14(10-8-13)16-15-6-4-5-12(2)11-15;1-10-4-3-5-12(8-10)16-14-7-6-11(2)9-13(14)15;3*1-2/h4-11H,3H2,1-2H3;3-9H,1-2H3;3*1-2H3. The fourth-order valence-electron chi connectivity index (χ4n) is 3.10. The molecule has 206 valence electrons. The maximum atomic E-state index is 6.09. The molecule has 0 radical (unpaired) electrons. The molecule has 0 N–H and O–H groups in total. The predicted molar refractivity (Wildman–Crippen MR) is 169 cm³/mol. The van der Waals surface area contributed by atoms with Crippen molar-refractivity contribution in [2.75, 3.05) is 0 Å². The van der Waals surface area contributed by atoms with Crippen molar-refractivity contribution in [3.63, 3.8) is 0 Å². The third-order valence-corrected chi connectivity index (χ3v) is 5.16. The molecule has 0 aliphatic rings. The lowest BCUT2D eigenvalue weighted by molar-refractivity contribution is 0.482. The van der Waals surface area contributed by atoms with Gasteiger partial charge in [-0.05, 0) is 98.0 Å². The third-order valence-electron chi connectivity index (χ3n) is 4.86. The lowest BCUT2D eigenvalue weighted by Gasteiger charge is -2.08. The Morgan fingerprint density at radius 3 is 1.45 bits per heavy atom. The molecule has 38 heavy (non-hydrogen) atoms. The van der Waals surface area contributed by atoms with E-state index in [1.807, 2.05) is 128 Å².